The maximum absolute atomic E-state index is 13.1. The Morgan fingerprint density at radius 2 is 2.00 bits per heavy atom. The highest BCUT2D eigenvalue weighted by Crippen LogP contribution is 2.33. The highest BCUT2D eigenvalue weighted by atomic mass is 32.2. The van der Waals surface area contributed by atoms with Crippen molar-refractivity contribution in [1.82, 2.24) is 24.8 Å². The quantitative estimate of drug-likeness (QED) is 0.397. The van der Waals surface area contributed by atoms with Crippen molar-refractivity contribution in [3.8, 4) is 17.2 Å². The number of benzene rings is 1. The van der Waals surface area contributed by atoms with Crippen molar-refractivity contribution in [3.05, 3.63) is 41.2 Å². The number of ether oxygens (including phenoxy) is 3. The number of fused-ring (bicyclic) bond motifs is 1. The number of aryl methyl sites for hydroxylation is 1. The maximum atomic E-state index is 13.1. The van der Waals surface area contributed by atoms with Crippen LogP contribution in [0.5, 0.6) is 11.5 Å². The second-order valence-corrected chi connectivity index (χ2v) is 8.88. The van der Waals surface area contributed by atoms with Crippen molar-refractivity contribution in [2.75, 3.05) is 25.6 Å². The first kappa shape index (κ1) is 21.0. The lowest BCUT2D eigenvalue weighted by Gasteiger charge is -2.20. The van der Waals surface area contributed by atoms with Crippen LogP contribution in [0.2, 0.25) is 0 Å². The van der Waals surface area contributed by atoms with Crippen molar-refractivity contribution < 1.29 is 19.0 Å². The van der Waals surface area contributed by atoms with Gasteiger partial charge in [0.05, 0.1) is 18.4 Å². The van der Waals surface area contributed by atoms with Crippen molar-refractivity contribution in [2.24, 2.45) is 0 Å². The van der Waals surface area contributed by atoms with Gasteiger partial charge in [-0.1, -0.05) is 11.8 Å². The number of carbonyl (C=O) groups is 1. The highest BCUT2D eigenvalue weighted by Gasteiger charge is 2.22. The van der Waals surface area contributed by atoms with Crippen LogP contribution in [-0.4, -0.2) is 62.2 Å². The molecule has 10 heteroatoms. The van der Waals surface area contributed by atoms with Crippen molar-refractivity contribution in [3.63, 3.8) is 0 Å². The highest BCUT2D eigenvalue weighted by molar-refractivity contribution is 7.99. The Balaban J connectivity index is 1.31. The van der Waals surface area contributed by atoms with Crippen LogP contribution in [0, 0.1) is 13.8 Å². The van der Waals surface area contributed by atoms with Crippen LogP contribution in [0.1, 0.15) is 34.6 Å². The van der Waals surface area contributed by atoms with E-state index in [9.17, 15) is 4.79 Å². The number of nitrogens with zero attached hydrogens (tertiary/aromatic N) is 5. The van der Waals surface area contributed by atoms with E-state index in [-0.39, 0.29) is 17.6 Å². The van der Waals surface area contributed by atoms with Crippen molar-refractivity contribution in [2.45, 2.75) is 44.5 Å². The molecule has 168 valence electrons. The SMILES string of the molecule is Cc1cc(C(=O)CSc2nnnn2C[C@H]2CCCO2)c(C)n1-c1ccc2c(c1)OCCO2. The monoisotopic (exact) mass is 455 g/mol. The molecule has 32 heavy (non-hydrogen) atoms. The zero-order chi connectivity index (χ0) is 22.1. The molecular weight excluding hydrogens is 430 g/mol. The lowest BCUT2D eigenvalue weighted by atomic mass is 10.2. The van der Waals surface area contributed by atoms with Gasteiger partial charge < -0.3 is 18.8 Å². The van der Waals surface area contributed by atoms with E-state index >= 15 is 0 Å². The van der Waals surface area contributed by atoms with Gasteiger partial charge >= 0.3 is 0 Å². The van der Waals surface area contributed by atoms with E-state index in [1.165, 1.54) is 11.8 Å². The zero-order valence-electron chi connectivity index (χ0n) is 18.1. The number of rotatable bonds is 7. The summed E-state index contributed by atoms with van der Waals surface area (Å²) in [5.74, 6) is 1.77. The smallest absolute Gasteiger partial charge is 0.209 e. The molecule has 1 fully saturated rings. The maximum Gasteiger partial charge on any atom is 0.209 e. The van der Waals surface area contributed by atoms with Crippen LogP contribution in [0.4, 0.5) is 0 Å². The zero-order valence-corrected chi connectivity index (χ0v) is 18.9. The molecule has 0 N–H and O–H groups in total. The lowest BCUT2D eigenvalue weighted by Crippen LogP contribution is -2.17. The van der Waals surface area contributed by atoms with Gasteiger partial charge in [-0.15, -0.1) is 5.10 Å². The molecular formula is C22H25N5O4S. The fourth-order valence-electron chi connectivity index (χ4n) is 4.22. The van der Waals surface area contributed by atoms with Crippen LogP contribution in [0.3, 0.4) is 0 Å². The first-order chi connectivity index (χ1) is 15.6. The molecule has 0 bridgehead atoms. The largest absolute Gasteiger partial charge is 0.486 e. The first-order valence-electron chi connectivity index (χ1n) is 10.7. The number of carbonyl (C=O) groups excluding carboxylic acids is 1. The summed E-state index contributed by atoms with van der Waals surface area (Å²) in [5, 5.41) is 12.6. The average Bonchev–Trinajstić information content (AvgIpc) is 3.53. The van der Waals surface area contributed by atoms with Gasteiger partial charge in [-0.05, 0) is 55.3 Å². The lowest BCUT2D eigenvalue weighted by molar-refractivity contribution is 0.0912. The molecule has 0 radical (unpaired) electrons. The van der Waals surface area contributed by atoms with E-state index in [0.717, 1.165) is 48.0 Å². The third-order valence-electron chi connectivity index (χ3n) is 5.75. The van der Waals surface area contributed by atoms with Crippen LogP contribution >= 0.6 is 11.8 Å². The summed E-state index contributed by atoms with van der Waals surface area (Å²) in [6, 6.07) is 7.78. The second-order valence-electron chi connectivity index (χ2n) is 7.94. The number of Topliss-reactive ketones (excluding diaryl/α,β-unsaturated/α-hetero) is 1. The van der Waals surface area contributed by atoms with Crippen LogP contribution < -0.4 is 9.47 Å². The molecule has 4 heterocycles. The van der Waals surface area contributed by atoms with Gasteiger partial charge in [0.2, 0.25) is 5.16 Å². The summed E-state index contributed by atoms with van der Waals surface area (Å²) in [6.07, 6.45) is 2.21. The Hall–Kier alpha value is -2.85. The van der Waals surface area contributed by atoms with E-state index in [0.29, 0.717) is 30.5 Å². The average molecular weight is 456 g/mol. The van der Waals surface area contributed by atoms with E-state index in [1.54, 1.807) is 4.68 Å². The first-order valence-corrected chi connectivity index (χ1v) is 11.7. The minimum Gasteiger partial charge on any atom is -0.486 e. The molecule has 0 aliphatic carbocycles. The molecule has 2 aromatic heterocycles. The van der Waals surface area contributed by atoms with E-state index in [1.807, 2.05) is 38.1 Å². The fourth-order valence-corrected chi connectivity index (χ4v) is 4.99. The minimum absolute atomic E-state index is 0.0403. The number of ketones is 1. The molecule has 0 saturated carbocycles. The summed E-state index contributed by atoms with van der Waals surface area (Å²) in [6.45, 7) is 6.45. The van der Waals surface area contributed by atoms with E-state index in [2.05, 4.69) is 20.1 Å². The van der Waals surface area contributed by atoms with Crippen LogP contribution in [0.15, 0.2) is 29.4 Å². The third-order valence-corrected chi connectivity index (χ3v) is 6.70. The number of hydrogen-bond acceptors (Lipinski definition) is 8. The molecule has 1 aromatic carbocycles. The predicted octanol–water partition coefficient (Wildman–Crippen LogP) is 3.01. The standard InChI is InChI=1S/C22H25N5O4S/c1-14-10-18(15(2)27(14)16-5-6-20-21(11-16)31-9-8-30-20)19(28)13-32-22-23-24-25-26(22)12-17-4-3-7-29-17/h5-6,10-11,17H,3-4,7-9,12-13H2,1-2H3/t17-/m1/s1. The number of thioether (sulfide) groups is 1. The van der Waals surface area contributed by atoms with E-state index < -0.39 is 0 Å². The summed E-state index contributed by atoms with van der Waals surface area (Å²) in [4.78, 5) is 13.1. The Morgan fingerprint density at radius 3 is 2.81 bits per heavy atom. The van der Waals surface area contributed by atoms with E-state index in [4.69, 9.17) is 14.2 Å². The minimum atomic E-state index is 0.0403. The third kappa shape index (κ3) is 4.12. The van der Waals surface area contributed by atoms with Gasteiger partial charge in [0.25, 0.3) is 0 Å². The van der Waals surface area contributed by atoms with Crippen LogP contribution in [-0.2, 0) is 11.3 Å². The summed E-state index contributed by atoms with van der Waals surface area (Å²) < 4.78 is 20.8. The van der Waals surface area contributed by atoms with Gasteiger partial charge in [-0.2, -0.15) is 0 Å². The summed E-state index contributed by atoms with van der Waals surface area (Å²) in [5.41, 5.74) is 3.51. The molecule has 1 atom stereocenters. The topological polar surface area (TPSA) is 93.3 Å². The van der Waals surface area contributed by atoms with Gasteiger partial charge in [0.1, 0.15) is 13.2 Å². The van der Waals surface area contributed by atoms with Gasteiger partial charge in [0.15, 0.2) is 17.3 Å². The fraction of sp³-hybridized carbons (Fsp3) is 0.455. The molecule has 0 spiro atoms. The Kier molecular flexibility index (Phi) is 5.88. The number of aromatic nitrogens is 5. The molecule has 2 aliphatic rings. The molecule has 5 rings (SSSR count). The number of hydrogen-bond donors (Lipinski definition) is 0. The second kappa shape index (κ2) is 8.95. The van der Waals surface area contributed by atoms with Gasteiger partial charge in [-0.25, -0.2) is 4.68 Å². The molecule has 0 amide bonds. The van der Waals surface area contributed by atoms with Gasteiger partial charge in [-0.3, -0.25) is 4.79 Å². The number of tetrazole rings is 1. The Bertz CT molecular complexity index is 1140. The predicted molar refractivity (Wildman–Crippen MR) is 118 cm³/mol. The van der Waals surface area contributed by atoms with Crippen molar-refractivity contribution in [1.29, 1.82) is 0 Å². The van der Waals surface area contributed by atoms with Crippen molar-refractivity contribution >= 4 is 17.5 Å². The van der Waals surface area contributed by atoms with Crippen LogP contribution in [0.25, 0.3) is 5.69 Å². The molecule has 2 aliphatic heterocycles. The molecule has 3 aromatic rings. The summed E-state index contributed by atoms with van der Waals surface area (Å²) >= 11 is 1.35. The van der Waals surface area contributed by atoms with Gasteiger partial charge in [0, 0.05) is 35.3 Å². The molecule has 9 nitrogen and oxygen atoms in total. The molecule has 1 saturated heterocycles. The Morgan fingerprint density at radius 1 is 1.16 bits per heavy atom. The molecule has 0 unspecified atom stereocenters. The summed E-state index contributed by atoms with van der Waals surface area (Å²) in [7, 11) is 0. The normalized spacial score (nSPS) is 17.6. The Labute approximate surface area is 190 Å².